The predicted octanol–water partition coefficient (Wildman–Crippen LogP) is 2.93. The molecule has 32 heavy (non-hydrogen) atoms. The van der Waals surface area contributed by atoms with Crippen LogP contribution in [0, 0.1) is 5.92 Å². The summed E-state index contributed by atoms with van der Waals surface area (Å²) in [6.07, 6.45) is -3.15. The highest BCUT2D eigenvalue weighted by Gasteiger charge is 2.45. The van der Waals surface area contributed by atoms with Crippen molar-refractivity contribution in [3.8, 4) is 11.5 Å². The summed E-state index contributed by atoms with van der Waals surface area (Å²) in [6.45, 7) is 1.99. The highest BCUT2D eigenvalue weighted by molar-refractivity contribution is 5.87. The maximum atomic E-state index is 13.1. The maximum Gasteiger partial charge on any atom is 0.573 e. The van der Waals surface area contributed by atoms with Crippen molar-refractivity contribution in [2.75, 3.05) is 6.61 Å². The van der Waals surface area contributed by atoms with E-state index in [1.807, 2.05) is 0 Å². The number of aliphatic imine (C=N–C) groups is 1. The Morgan fingerprint density at radius 1 is 1.16 bits per heavy atom. The molecule has 4 rings (SSSR count). The summed E-state index contributed by atoms with van der Waals surface area (Å²) >= 11 is 0. The zero-order valence-corrected chi connectivity index (χ0v) is 17.3. The van der Waals surface area contributed by atoms with Crippen molar-refractivity contribution in [2.24, 2.45) is 10.9 Å². The molecule has 2 aromatic rings. The number of rotatable bonds is 6. The van der Waals surface area contributed by atoms with Crippen LogP contribution in [0.15, 0.2) is 38.8 Å². The molecule has 1 aromatic carbocycles. The van der Waals surface area contributed by atoms with Crippen LogP contribution < -0.4 is 20.7 Å². The molecule has 1 N–H and O–H groups in total. The van der Waals surface area contributed by atoms with Crippen molar-refractivity contribution >= 4 is 11.7 Å². The molecule has 11 heteroatoms. The van der Waals surface area contributed by atoms with Crippen LogP contribution in [0.3, 0.4) is 0 Å². The molecule has 172 valence electrons. The predicted molar refractivity (Wildman–Crippen MR) is 109 cm³/mol. The van der Waals surface area contributed by atoms with Crippen molar-refractivity contribution in [2.45, 2.75) is 51.6 Å². The summed E-state index contributed by atoms with van der Waals surface area (Å²) in [5.41, 5.74) is -0.491. The third-order valence-corrected chi connectivity index (χ3v) is 5.73. The summed E-state index contributed by atoms with van der Waals surface area (Å²) in [6, 6.07) is 5.12. The van der Waals surface area contributed by atoms with E-state index in [0.717, 1.165) is 16.7 Å². The van der Waals surface area contributed by atoms with Crippen molar-refractivity contribution in [3.05, 3.63) is 50.7 Å². The normalized spacial score (nSPS) is 19.5. The maximum absolute atomic E-state index is 13.1. The van der Waals surface area contributed by atoms with Crippen LogP contribution in [-0.2, 0) is 13.1 Å². The average molecular weight is 453 g/mol. The molecule has 1 aromatic heterocycles. The minimum absolute atomic E-state index is 0.109. The molecule has 1 fully saturated rings. The van der Waals surface area contributed by atoms with Gasteiger partial charge in [0.15, 0.2) is 5.90 Å². The second-order valence-electron chi connectivity index (χ2n) is 7.66. The number of aromatic nitrogens is 2. The fourth-order valence-electron chi connectivity index (χ4n) is 4.15. The van der Waals surface area contributed by atoms with Gasteiger partial charge in [-0.2, -0.15) is 4.99 Å². The molecule has 2 atom stereocenters. The Hall–Kier alpha value is -3.08. The van der Waals surface area contributed by atoms with E-state index in [9.17, 15) is 22.8 Å². The van der Waals surface area contributed by atoms with Gasteiger partial charge in [-0.05, 0) is 38.3 Å². The monoisotopic (exact) mass is 453 g/mol. The largest absolute Gasteiger partial charge is 0.573 e. The fraction of sp³-hybridized carbons (Fsp3) is 0.476. The molecule has 1 aliphatic heterocycles. The van der Waals surface area contributed by atoms with Crippen LogP contribution in [0.1, 0.15) is 37.7 Å². The lowest BCUT2D eigenvalue weighted by Gasteiger charge is -2.40. The molecular weight excluding hydrogens is 431 g/mol. The van der Waals surface area contributed by atoms with E-state index in [1.54, 1.807) is 6.92 Å². The number of aliphatic hydroxyl groups excluding tert-OH is 1. The van der Waals surface area contributed by atoms with E-state index < -0.39 is 23.4 Å². The Bertz CT molecular complexity index is 1170. The lowest BCUT2D eigenvalue weighted by molar-refractivity contribution is -0.274. The third-order valence-electron chi connectivity index (χ3n) is 5.73. The van der Waals surface area contributed by atoms with Gasteiger partial charge in [-0.3, -0.25) is 13.9 Å². The SMILES string of the molecule is CCn1c2c(c(=O)n(CCCO)c1=O)C1CC[C@H]1C(Oc1cccc(OC(F)(F)F)c1)=N2. The topological polar surface area (TPSA) is 95.0 Å². The smallest absolute Gasteiger partial charge is 0.442 e. The highest BCUT2D eigenvalue weighted by atomic mass is 19.4. The van der Waals surface area contributed by atoms with Gasteiger partial charge in [0, 0.05) is 37.6 Å². The highest BCUT2D eigenvalue weighted by Crippen LogP contribution is 2.48. The first kappa shape index (κ1) is 22.1. The van der Waals surface area contributed by atoms with Gasteiger partial charge in [-0.25, -0.2) is 4.79 Å². The van der Waals surface area contributed by atoms with E-state index in [4.69, 9.17) is 9.84 Å². The number of aliphatic hydroxyl groups is 1. The second kappa shape index (κ2) is 8.45. The van der Waals surface area contributed by atoms with Gasteiger partial charge < -0.3 is 14.6 Å². The van der Waals surface area contributed by atoms with Crippen LogP contribution in [0.25, 0.3) is 0 Å². The first-order chi connectivity index (χ1) is 15.2. The van der Waals surface area contributed by atoms with Gasteiger partial charge in [0.2, 0.25) is 0 Å². The van der Waals surface area contributed by atoms with E-state index in [0.29, 0.717) is 18.4 Å². The average Bonchev–Trinajstić information content (AvgIpc) is 2.68. The van der Waals surface area contributed by atoms with Gasteiger partial charge >= 0.3 is 12.1 Å². The minimum atomic E-state index is -4.83. The van der Waals surface area contributed by atoms with E-state index >= 15 is 0 Å². The first-order valence-electron chi connectivity index (χ1n) is 10.3. The number of alkyl halides is 3. The van der Waals surface area contributed by atoms with Crippen LogP contribution in [0.2, 0.25) is 0 Å². The van der Waals surface area contributed by atoms with Crippen LogP contribution in [0.4, 0.5) is 19.0 Å². The molecule has 8 nitrogen and oxygen atoms in total. The van der Waals surface area contributed by atoms with Gasteiger partial charge in [0.1, 0.15) is 17.3 Å². The van der Waals surface area contributed by atoms with Crippen LogP contribution in [-0.4, -0.2) is 33.1 Å². The minimum Gasteiger partial charge on any atom is -0.442 e. The summed E-state index contributed by atoms with van der Waals surface area (Å²) in [5.74, 6) is -0.237. The molecule has 0 spiro atoms. The number of hydrogen-bond acceptors (Lipinski definition) is 6. The quantitative estimate of drug-likeness (QED) is 0.726. The first-order valence-corrected chi connectivity index (χ1v) is 10.3. The molecule has 2 aliphatic rings. The zero-order chi connectivity index (χ0) is 23.0. The summed E-state index contributed by atoms with van der Waals surface area (Å²) < 4.78 is 49.8. The lowest BCUT2D eigenvalue weighted by atomic mass is 9.68. The lowest BCUT2D eigenvalue weighted by Crippen LogP contribution is -2.47. The molecule has 0 amide bonds. The Morgan fingerprint density at radius 2 is 1.88 bits per heavy atom. The van der Waals surface area contributed by atoms with Crippen LogP contribution >= 0.6 is 0 Å². The molecule has 0 saturated heterocycles. The summed E-state index contributed by atoms with van der Waals surface area (Å²) in [4.78, 5) is 30.4. The Balaban J connectivity index is 1.74. The van der Waals surface area contributed by atoms with Crippen molar-refractivity contribution in [1.82, 2.24) is 9.13 Å². The summed E-state index contributed by atoms with van der Waals surface area (Å²) in [5, 5.41) is 9.10. The standard InChI is InChI=1S/C21H22F3N3O5/c1-2-26-17-16(19(29)27(20(26)30)9-4-10-28)14-7-8-15(14)18(25-17)31-12-5-3-6-13(11-12)32-21(22,23)24/h3,5-6,11,14-15,28H,2,4,7-10H2,1H3/t14?,15-/m1/s1. The third kappa shape index (κ3) is 4.04. The van der Waals surface area contributed by atoms with Gasteiger partial charge in [0.05, 0.1) is 5.56 Å². The van der Waals surface area contributed by atoms with E-state index in [-0.39, 0.29) is 55.4 Å². The molecule has 1 unspecified atom stereocenters. The van der Waals surface area contributed by atoms with E-state index in [1.165, 1.54) is 16.7 Å². The number of hydrogen-bond donors (Lipinski definition) is 1. The fourth-order valence-corrected chi connectivity index (χ4v) is 4.15. The number of nitrogens with zero attached hydrogens (tertiary/aromatic N) is 3. The number of ether oxygens (including phenoxy) is 2. The zero-order valence-electron chi connectivity index (χ0n) is 17.3. The number of benzene rings is 1. The van der Waals surface area contributed by atoms with E-state index in [2.05, 4.69) is 9.73 Å². The summed E-state index contributed by atoms with van der Waals surface area (Å²) in [7, 11) is 0. The molecule has 0 radical (unpaired) electrons. The van der Waals surface area contributed by atoms with Gasteiger partial charge in [-0.15, -0.1) is 13.2 Å². The Kier molecular flexibility index (Phi) is 5.85. The Morgan fingerprint density at radius 3 is 2.50 bits per heavy atom. The van der Waals surface area contributed by atoms with Gasteiger partial charge in [-0.1, -0.05) is 6.07 Å². The van der Waals surface area contributed by atoms with Crippen molar-refractivity contribution < 1.29 is 27.8 Å². The number of halogens is 3. The van der Waals surface area contributed by atoms with Gasteiger partial charge in [0.25, 0.3) is 5.56 Å². The molecule has 1 saturated carbocycles. The number of fused-ring (bicyclic) bond motifs is 3. The molecule has 2 heterocycles. The Labute approximate surface area is 180 Å². The van der Waals surface area contributed by atoms with Crippen molar-refractivity contribution in [3.63, 3.8) is 0 Å². The molecule has 0 bridgehead atoms. The molecular formula is C21H22F3N3O5. The molecule has 1 aliphatic carbocycles. The van der Waals surface area contributed by atoms with Crippen molar-refractivity contribution in [1.29, 1.82) is 0 Å². The van der Waals surface area contributed by atoms with Crippen LogP contribution in [0.5, 0.6) is 11.5 Å². The second-order valence-corrected chi connectivity index (χ2v) is 7.66.